The Morgan fingerprint density at radius 1 is 0.828 bits per heavy atom. The molecule has 0 unspecified atom stereocenters. The number of methoxy groups -OCH3 is 2. The van der Waals surface area contributed by atoms with Crippen LogP contribution in [0.5, 0.6) is 11.5 Å². The number of benzene rings is 3. The predicted octanol–water partition coefficient (Wildman–Crippen LogP) is 4.54. The molecule has 5 nitrogen and oxygen atoms in total. The van der Waals surface area contributed by atoms with Gasteiger partial charge in [0, 0.05) is 5.56 Å². The molecule has 0 N–H and O–H groups in total. The van der Waals surface area contributed by atoms with E-state index >= 15 is 0 Å². The second-order valence-electron chi connectivity index (χ2n) is 6.42. The Bertz CT molecular complexity index is 1090. The molecule has 0 bridgehead atoms. The minimum absolute atomic E-state index is 0.204. The first kappa shape index (κ1) is 18.5. The summed E-state index contributed by atoms with van der Waals surface area (Å²) in [5.41, 5.74) is 2.73. The molecule has 1 aliphatic rings. The summed E-state index contributed by atoms with van der Waals surface area (Å²) in [7, 11) is 3.21. The lowest BCUT2D eigenvalue weighted by molar-refractivity contribution is -0.113. The maximum atomic E-state index is 13.3. The number of para-hydroxylation sites is 2. The number of hydrogen-bond donors (Lipinski definition) is 0. The van der Waals surface area contributed by atoms with Crippen LogP contribution in [-0.2, 0) is 4.79 Å². The van der Waals surface area contributed by atoms with Gasteiger partial charge in [0.05, 0.1) is 19.9 Å². The van der Waals surface area contributed by atoms with Crippen LogP contribution in [0, 0.1) is 0 Å². The molecule has 1 amide bonds. The number of anilines is 1. The molecule has 0 saturated heterocycles. The quantitative estimate of drug-likeness (QED) is 0.607. The lowest BCUT2D eigenvalue weighted by Gasteiger charge is -2.20. The smallest absolute Gasteiger partial charge is 0.282 e. The van der Waals surface area contributed by atoms with Crippen molar-refractivity contribution in [2.45, 2.75) is 0 Å². The van der Waals surface area contributed by atoms with Gasteiger partial charge in [0.2, 0.25) is 0 Å². The summed E-state index contributed by atoms with van der Waals surface area (Å²) in [6, 6.07) is 24.6. The van der Waals surface area contributed by atoms with Crippen LogP contribution in [0.25, 0.3) is 6.08 Å². The van der Waals surface area contributed by atoms with Crippen LogP contribution in [-0.4, -0.2) is 26.0 Å². The molecule has 0 aromatic heterocycles. The monoisotopic (exact) mass is 384 g/mol. The molecule has 29 heavy (non-hydrogen) atoms. The van der Waals surface area contributed by atoms with E-state index in [1.807, 2.05) is 78.9 Å². The fraction of sp³-hybridized carbons (Fsp3) is 0.0833. The van der Waals surface area contributed by atoms with E-state index < -0.39 is 0 Å². The third kappa shape index (κ3) is 3.62. The van der Waals surface area contributed by atoms with Gasteiger partial charge in [0.25, 0.3) is 5.91 Å². The van der Waals surface area contributed by atoms with Crippen LogP contribution in [0.3, 0.4) is 0 Å². The zero-order chi connectivity index (χ0) is 20.2. The summed E-state index contributed by atoms with van der Waals surface area (Å²) in [5.74, 6) is 1.73. The lowest BCUT2D eigenvalue weighted by Crippen LogP contribution is -2.33. The zero-order valence-electron chi connectivity index (χ0n) is 16.2. The Balaban J connectivity index is 1.81. The number of nitrogens with zero attached hydrogens (tertiary/aromatic N) is 2. The maximum absolute atomic E-state index is 13.3. The molecule has 0 saturated carbocycles. The summed E-state index contributed by atoms with van der Waals surface area (Å²) >= 11 is 0. The number of aliphatic imine (C=N–C) groups is 1. The van der Waals surface area contributed by atoms with Gasteiger partial charge in [-0.15, -0.1) is 0 Å². The largest absolute Gasteiger partial charge is 0.497 e. The summed E-state index contributed by atoms with van der Waals surface area (Å²) in [4.78, 5) is 19.6. The second kappa shape index (κ2) is 8.02. The van der Waals surface area contributed by atoms with Crippen molar-refractivity contribution in [2.24, 2.45) is 4.99 Å². The van der Waals surface area contributed by atoms with E-state index in [9.17, 15) is 4.79 Å². The molecule has 3 aromatic carbocycles. The second-order valence-corrected chi connectivity index (χ2v) is 6.42. The van der Waals surface area contributed by atoms with Crippen LogP contribution in [0.4, 0.5) is 5.69 Å². The van der Waals surface area contributed by atoms with Gasteiger partial charge in [-0.25, -0.2) is 4.99 Å². The van der Waals surface area contributed by atoms with E-state index in [1.165, 1.54) is 0 Å². The van der Waals surface area contributed by atoms with Gasteiger partial charge in [-0.2, -0.15) is 0 Å². The van der Waals surface area contributed by atoms with Crippen molar-refractivity contribution < 1.29 is 14.3 Å². The van der Waals surface area contributed by atoms with Gasteiger partial charge in [0.15, 0.2) is 0 Å². The van der Waals surface area contributed by atoms with Crippen molar-refractivity contribution in [3.63, 3.8) is 0 Å². The molecule has 0 spiro atoms. The van der Waals surface area contributed by atoms with Gasteiger partial charge in [-0.3, -0.25) is 9.69 Å². The van der Waals surface area contributed by atoms with E-state index in [2.05, 4.69) is 4.99 Å². The third-order valence-corrected chi connectivity index (χ3v) is 4.64. The Morgan fingerprint density at radius 2 is 1.52 bits per heavy atom. The van der Waals surface area contributed by atoms with Gasteiger partial charge < -0.3 is 9.47 Å². The number of carbonyl (C=O) groups excluding carboxylic acids is 1. The minimum atomic E-state index is -0.204. The van der Waals surface area contributed by atoms with Gasteiger partial charge in [-0.1, -0.05) is 54.6 Å². The van der Waals surface area contributed by atoms with Crippen LogP contribution in [0.2, 0.25) is 0 Å². The van der Waals surface area contributed by atoms with Crippen molar-refractivity contribution in [2.75, 3.05) is 19.1 Å². The highest BCUT2D eigenvalue weighted by Gasteiger charge is 2.34. The highest BCUT2D eigenvalue weighted by Crippen LogP contribution is 2.34. The molecule has 0 radical (unpaired) electrons. The molecule has 0 atom stereocenters. The number of rotatable bonds is 5. The van der Waals surface area contributed by atoms with E-state index in [0.29, 0.717) is 23.0 Å². The van der Waals surface area contributed by atoms with Crippen molar-refractivity contribution in [3.8, 4) is 11.5 Å². The third-order valence-electron chi connectivity index (χ3n) is 4.64. The highest BCUT2D eigenvalue weighted by molar-refractivity contribution is 6.33. The number of ether oxygens (including phenoxy) is 2. The summed E-state index contributed by atoms with van der Waals surface area (Å²) in [6.45, 7) is 0. The van der Waals surface area contributed by atoms with Gasteiger partial charge >= 0.3 is 0 Å². The Morgan fingerprint density at radius 3 is 2.21 bits per heavy atom. The molecular weight excluding hydrogens is 364 g/mol. The predicted molar refractivity (Wildman–Crippen MR) is 114 cm³/mol. The Labute approximate surface area is 169 Å². The van der Waals surface area contributed by atoms with Crippen molar-refractivity contribution in [1.29, 1.82) is 0 Å². The van der Waals surface area contributed by atoms with Gasteiger partial charge in [-0.05, 0) is 35.9 Å². The normalized spacial score (nSPS) is 14.8. The van der Waals surface area contributed by atoms with Gasteiger partial charge in [0.1, 0.15) is 23.0 Å². The molecule has 3 aromatic rings. The Hall–Kier alpha value is -3.86. The van der Waals surface area contributed by atoms with Crippen LogP contribution in [0.1, 0.15) is 11.1 Å². The molecule has 1 aliphatic heterocycles. The molecule has 0 aliphatic carbocycles. The number of amides is 1. The lowest BCUT2D eigenvalue weighted by atomic mass is 10.1. The average Bonchev–Trinajstić information content (AvgIpc) is 3.10. The molecule has 4 rings (SSSR count). The fourth-order valence-electron chi connectivity index (χ4n) is 3.19. The minimum Gasteiger partial charge on any atom is -0.497 e. The van der Waals surface area contributed by atoms with Crippen molar-refractivity contribution >= 4 is 23.5 Å². The number of hydrogen-bond acceptors (Lipinski definition) is 4. The van der Waals surface area contributed by atoms with E-state index in [-0.39, 0.29) is 5.91 Å². The van der Waals surface area contributed by atoms with Crippen LogP contribution < -0.4 is 14.4 Å². The topological polar surface area (TPSA) is 51.1 Å². The zero-order valence-corrected chi connectivity index (χ0v) is 16.2. The number of carbonyl (C=O) groups is 1. The molecule has 0 fully saturated rings. The first-order valence-corrected chi connectivity index (χ1v) is 9.18. The Kier molecular flexibility index (Phi) is 5.12. The first-order chi connectivity index (χ1) is 14.2. The van der Waals surface area contributed by atoms with E-state index in [4.69, 9.17) is 9.47 Å². The van der Waals surface area contributed by atoms with E-state index in [1.54, 1.807) is 25.2 Å². The molecule has 5 heteroatoms. The summed E-state index contributed by atoms with van der Waals surface area (Å²) in [6.07, 6.45) is 1.78. The van der Waals surface area contributed by atoms with Crippen molar-refractivity contribution in [3.05, 3.63) is 95.7 Å². The van der Waals surface area contributed by atoms with Crippen LogP contribution in [0.15, 0.2) is 89.6 Å². The molecule has 1 heterocycles. The first-order valence-electron chi connectivity index (χ1n) is 9.18. The molecular formula is C24H20N2O3. The van der Waals surface area contributed by atoms with E-state index in [0.717, 1.165) is 16.9 Å². The fourth-order valence-corrected chi connectivity index (χ4v) is 3.19. The summed E-state index contributed by atoms with van der Waals surface area (Å²) < 4.78 is 10.7. The average molecular weight is 384 g/mol. The highest BCUT2D eigenvalue weighted by atomic mass is 16.5. The summed E-state index contributed by atoms with van der Waals surface area (Å²) in [5, 5.41) is 0. The molecule has 144 valence electrons. The van der Waals surface area contributed by atoms with Crippen molar-refractivity contribution in [1.82, 2.24) is 0 Å². The maximum Gasteiger partial charge on any atom is 0.282 e. The SMILES string of the molecule is COc1ccc(/C=C2/N=C(c3ccccc3)N(c3ccccc3OC)C2=O)cc1. The standard InChI is InChI=1S/C24H20N2O3/c1-28-19-14-12-17(13-15-19)16-20-24(27)26(21-10-6-7-11-22(21)29-2)23(25-20)18-8-4-3-5-9-18/h3-16H,1-2H3/b20-16+. The number of amidine groups is 1. The van der Waals surface area contributed by atoms with Crippen LogP contribution >= 0.6 is 0 Å².